The molecule has 0 aromatic heterocycles. The Balaban J connectivity index is 2.69. The number of benzene rings is 1. The molecule has 0 aliphatic heterocycles. The summed E-state index contributed by atoms with van der Waals surface area (Å²) in [6, 6.07) is 8.65. The van der Waals surface area contributed by atoms with Crippen LogP contribution in [0.25, 0.3) is 0 Å². The fourth-order valence-electron chi connectivity index (χ4n) is 2.02. The Bertz CT molecular complexity index is 330. The van der Waals surface area contributed by atoms with Crippen molar-refractivity contribution < 1.29 is 0 Å². The van der Waals surface area contributed by atoms with Crippen LogP contribution in [0.2, 0.25) is 5.02 Å². The minimum Gasteiger partial charge on any atom is -0.314 e. The Morgan fingerprint density at radius 1 is 1.35 bits per heavy atom. The molecular formula is C14H22ClNS. The van der Waals surface area contributed by atoms with E-state index in [0.717, 1.165) is 18.0 Å². The normalized spacial score (nSPS) is 14.6. The lowest BCUT2D eigenvalue weighted by Crippen LogP contribution is -2.37. The second-order valence-electron chi connectivity index (χ2n) is 4.39. The van der Waals surface area contributed by atoms with Gasteiger partial charge in [0.05, 0.1) is 0 Å². The van der Waals surface area contributed by atoms with Gasteiger partial charge in [0.2, 0.25) is 0 Å². The van der Waals surface area contributed by atoms with Crippen molar-refractivity contribution in [1.29, 1.82) is 0 Å². The van der Waals surface area contributed by atoms with Crippen molar-refractivity contribution in [2.45, 2.75) is 26.3 Å². The lowest BCUT2D eigenvalue weighted by Gasteiger charge is -2.24. The van der Waals surface area contributed by atoms with Crippen molar-refractivity contribution in [2.75, 3.05) is 18.6 Å². The zero-order chi connectivity index (χ0) is 12.7. The zero-order valence-corrected chi connectivity index (χ0v) is 12.4. The predicted molar refractivity (Wildman–Crippen MR) is 80.2 cm³/mol. The van der Waals surface area contributed by atoms with Crippen molar-refractivity contribution in [2.24, 2.45) is 5.92 Å². The minimum atomic E-state index is 0.507. The average molecular weight is 272 g/mol. The van der Waals surface area contributed by atoms with Crippen molar-refractivity contribution in [3.8, 4) is 0 Å². The largest absolute Gasteiger partial charge is 0.314 e. The topological polar surface area (TPSA) is 12.0 Å². The highest BCUT2D eigenvalue weighted by Crippen LogP contribution is 2.20. The van der Waals surface area contributed by atoms with E-state index >= 15 is 0 Å². The van der Waals surface area contributed by atoms with Gasteiger partial charge in [-0.2, -0.15) is 11.8 Å². The molecule has 0 spiro atoms. The molecule has 1 aromatic carbocycles. The van der Waals surface area contributed by atoms with Gasteiger partial charge in [0, 0.05) is 11.1 Å². The molecule has 0 heterocycles. The van der Waals surface area contributed by atoms with Gasteiger partial charge in [-0.15, -0.1) is 0 Å². The third-order valence-electron chi connectivity index (χ3n) is 2.98. The Morgan fingerprint density at radius 3 is 2.65 bits per heavy atom. The molecule has 1 aromatic rings. The molecule has 0 bridgehead atoms. The number of hydrogen-bond donors (Lipinski definition) is 1. The first-order valence-electron chi connectivity index (χ1n) is 6.14. The van der Waals surface area contributed by atoms with Crippen LogP contribution in [0, 0.1) is 5.92 Å². The Kier molecular flexibility index (Phi) is 7.02. The van der Waals surface area contributed by atoms with E-state index in [4.69, 9.17) is 11.6 Å². The molecule has 2 unspecified atom stereocenters. The average Bonchev–Trinajstić information content (AvgIpc) is 2.31. The van der Waals surface area contributed by atoms with Crippen molar-refractivity contribution >= 4 is 23.4 Å². The van der Waals surface area contributed by atoms with E-state index in [2.05, 4.69) is 37.6 Å². The van der Waals surface area contributed by atoms with Gasteiger partial charge in [-0.25, -0.2) is 0 Å². The first-order valence-corrected chi connectivity index (χ1v) is 7.92. The second-order valence-corrected chi connectivity index (χ2v) is 5.71. The van der Waals surface area contributed by atoms with Gasteiger partial charge in [-0.1, -0.05) is 43.6 Å². The maximum Gasteiger partial charge on any atom is 0.0438 e. The number of rotatable bonds is 7. The van der Waals surface area contributed by atoms with E-state index in [0.29, 0.717) is 12.0 Å². The summed E-state index contributed by atoms with van der Waals surface area (Å²) >= 11 is 8.12. The van der Waals surface area contributed by atoms with E-state index in [9.17, 15) is 0 Å². The van der Waals surface area contributed by atoms with Crippen LogP contribution in [0.4, 0.5) is 0 Å². The summed E-state index contributed by atoms with van der Waals surface area (Å²) in [4.78, 5) is 0. The Hall–Kier alpha value is -0.180. The van der Waals surface area contributed by atoms with Crippen LogP contribution in [-0.4, -0.2) is 24.6 Å². The molecule has 0 amide bonds. The van der Waals surface area contributed by atoms with E-state index in [1.165, 1.54) is 11.3 Å². The molecule has 0 aliphatic rings. The molecule has 96 valence electrons. The number of hydrogen-bond acceptors (Lipinski definition) is 2. The first kappa shape index (κ1) is 14.9. The molecule has 0 radical (unpaired) electrons. The standard InChI is InChI=1S/C14H22ClNS/c1-4-16-14(11(2)10-17-3)9-12-7-5-6-8-13(12)15/h5-8,11,14,16H,4,9-10H2,1-3H3. The highest BCUT2D eigenvalue weighted by Gasteiger charge is 2.17. The summed E-state index contributed by atoms with van der Waals surface area (Å²) in [7, 11) is 0. The van der Waals surface area contributed by atoms with Gasteiger partial charge in [-0.05, 0) is 42.5 Å². The number of nitrogens with one attached hydrogen (secondary N) is 1. The SMILES string of the molecule is CCNC(Cc1ccccc1Cl)C(C)CSC. The summed E-state index contributed by atoms with van der Waals surface area (Å²) in [5.41, 5.74) is 1.24. The second kappa shape index (κ2) is 8.02. The van der Waals surface area contributed by atoms with E-state index in [1.807, 2.05) is 23.9 Å². The fourth-order valence-corrected chi connectivity index (χ4v) is 2.99. The molecule has 0 aliphatic carbocycles. The monoisotopic (exact) mass is 271 g/mol. The quantitative estimate of drug-likeness (QED) is 0.808. The first-order chi connectivity index (χ1) is 8.19. The molecule has 1 N–H and O–H groups in total. The number of thioether (sulfide) groups is 1. The van der Waals surface area contributed by atoms with Gasteiger partial charge in [0.15, 0.2) is 0 Å². The summed E-state index contributed by atoms with van der Waals surface area (Å²) in [6.45, 7) is 5.47. The fraction of sp³-hybridized carbons (Fsp3) is 0.571. The number of halogens is 1. The highest BCUT2D eigenvalue weighted by atomic mass is 35.5. The molecule has 0 fully saturated rings. The van der Waals surface area contributed by atoms with Crippen LogP contribution in [0.5, 0.6) is 0 Å². The lowest BCUT2D eigenvalue weighted by molar-refractivity contribution is 0.411. The molecular weight excluding hydrogens is 250 g/mol. The highest BCUT2D eigenvalue weighted by molar-refractivity contribution is 7.98. The van der Waals surface area contributed by atoms with Crippen LogP contribution in [-0.2, 0) is 6.42 Å². The summed E-state index contributed by atoms with van der Waals surface area (Å²) in [5.74, 6) is 1.84. The minimum absolute atomic E-state index is 0.507. The number of likely N-dealkylation sites (N-methyl/N-ethyl adjacent to an activating group) is 1. The van der Waals surface area contributed by atoms with Gasteiger partial charge < -0.3 is 5.32 Å². The third-order valence-corrected chi connectivity index (χ3v) is 4.21. The molecule has 0 saturated heterocycles. The van der Waals surface area contributed by atoms with E-state index < -0.39 is 0 Å². The van der Waals surface area contributed by atoms with E-state index in [-0.39, 0.29) is 0 Å². The summed E-state index contributed by atoms with van der Waals surface area (Å²) < 4.78 is 0. The lowest BCUT2D eigenvalue weighted by atomic mass is 9.96. The van der Waals surface area contributed by atoms with Gasteiger partial charge >= 0.3 is 0 Å². The smallest absolute Gasteiger partial charge is 0.0438 e. The molecule has 3 heteroatoms. The maximum atomic E-state index is 6.22. The van der Waals surface area contributed by atoms with Crippen LogP contribution in [0.1, 0.15) is 19.4 Å². The van der Waals surface area contributed by atoms with Crippen LogP contribution >= 0.6 is 23.4 Å². The van der Waals surface area contributed by atoms with Crippen LogP contribution < -0.4 is 5.32 Å². The van der Waals surface area contributed by atoms with Gasteiger partial charge in [0.1, 0.15) is 0 Å². The maximum absolute atomic E-state index is 6.22. The zero-order valence-electron chi connectivity index (χ0n) is 10.9. The Labute approximate surface area is 114 Å². The molecule has 17 heavy (non-hydrogen) atoms. The van der Waals surface area contributed by atoms with Crippen molar-refractivity contribution in [1.82, 2.24) is 5.32 Å². The van der Waals surface area contributed by atoms with Crippen molar-refractivity contribution in [3.05, 3.63) is 34.9 Å². The molecule has 1 nitrogen and oxygen atoms in total. The van der Waals surface area contributed by atoms with Crippen LogP contribution in [0.3, 0.4) is 0 Å². The van der Waals surface area contributed by atoms with Crippen LogP contribution in [0.15, 0.2) is 24.3 Å². The molecule has 0 saturated carbocycles. The third kappa shape index (κ3) is 4.90. The van der Waals surface area contributed by atoms with Gasteiger partial charge in [-0.3, -0.25) is 0 Å². The molecule has 1 rings (SSSR count). The summed E-state index contributed by atoms with van der Waals surface area (Å²) in [5, 5.41) is 4.45. The van der Waals surface area contributed by atoms with E-state index in [1.54, 1.807) is 0 Å². The summed E-state index contributed by atoms with van der Waals surface area (Å²) in [6.07, 6.45) is 3.17. The predicted octanol–water partition coefficient (Wildman–Crippen LogP) is 3.86. The Morgan fingerprint density at radius 2 is 2.06 bits per heavy atom. The van der Waals surface area contributed by atoms with Gasteiger partial charge in [0.25, 0.3) is 0 Å². The van der Waals surface area contributed by atoms with Crippen molar-refractivity contribution in [3.63, 3.8) is 0 Å². The molecule has 2 atom stereocenters.